The van der Waals surface area contributed by atoms with Gasteiger partial charge in [0.15, 0.2) is 0 Å². The monoisotopic (exact) mass is 592 g/mol. The summed E-state index contributed by atoms with van der Waals surface area (Å²) in [6.07, 6.45) is -3.12. The lowest BCUT2D eigenvalue weighted by Gasteiger charge is -2.33. The highest BCUT2D eigenvalue weighted by Crippen LogP contribution is 2.36. The Morgan fingerprint density at radius 3 is 0.732 bits per heavy atom. The largest absolute Gasteiger partial charge is 0.481 e. The predicted octanol–water partition coefficient (Wildman–Crippen LogP) is 1.17. The molecule has 0 atom stereocenters. The third-order valence-electron chi connectivity index (χ3n) is 5.75. The molecule has 16 nitrogen and oxygen atoms in total. The zero-order valence-electron chi connectivity index (χ0n) is 22.5. The average molecular weight is 593 g/mol. The van der Waals surface area contributed by atoms with Gasteiger partial charge in [-0.25, -0.2) is 0 Å². The molecule has 0 aromatic carbocycles. The highest BCUT2D eigenvalue weighted by atomic mass is 16.5. The maximum atomic E-state index is 11.9. The Morgan fingerprint density at radius 1 is 0.366 bits per heavy atom. The van der Waals surface area contributed by atoms with Crippen molar-refractivity contribution in [2.45, 2.75) is 77.0 Å². The fourth-order valence-corrected chi connectivity index (χ4v) is 3.40. The van der Waals surface area contributed by atoms with Crippen molar-refractivity contribution in [3.8, 4) is 0 Å². The van der Waals surface area contributed by atoms with Gasteiger partial charge in [0.1, 0.15) is 0 Å². The van der Waals surface area contributed by atoms with E-state index in [1.807, 2.05) is 0 Å². The molecular formula is C25H36O16. The molecule has 0 fully saturated rings. The Hall–Kier alpha value is -4.24. The third kappa shape index (κ3) is 21.3. The summed E-state index contributed by atoms with van der Waals surface area (Å²) in [6.45, 7) is -0.923. The molecule has 0 rings (SSSR count). The second-order valence-corrected chi connectivity index (χ2v) is 8.96. The van der Waals surface area contributed by atoms with E-state index >= 15 is 0 Å². The van der Waals surface area contributed by atoms with E-state index < -0.39 is 78.9 Å². The van der Waals surface area contributed by atoms with E-state index in [0.29, 0.717) is 0 Å². The summed E-state index contributed by atoms with van der Waals surface area (Å²) < 4.78 is 20.4. The van der Waals surface area contributed by atoms with Gasteiger partial charge in [-0.15, -0.1) is 0 Å². The molecule has 0 radical (unpaired) electrons. The zero-order chi connectivity index (χ0) is 31.3. The standard InChI is InChI=1S/C25H36O16/c26-17(27)1-5-21(34)38-13-9-25(10-14-39-22(35)6-2-18(28)29,11-15-40-23(36)7-3-19(30)31)12-16-41-24(37)8-4-20(32)33/h1-16H2,(H,26,27)(H,28,29)(H,30,31)(H,32,33). The van der Waals surface area contributed by atoms with Crippen LogP contribution < -0.4 is 0 Å². The SMILES string of the molecule is O=C(O)CCC(=O)OCCC(CCOC(=O)CCC(=O)O)(CCOC(=O)CCC(=O)O)CCOC(=O)CCC(=O)O. The van der Waals surface area contributed by atoms with Gasteiger partial charge in [-0.05, 0) is 31.1 Å². The number of esters is 4. The third-order valence-corrected chi connectivity index (χ3v) is 5.75. The molecule has 0 unspecified atom stereocenters. The van der Waals surface area contributed by atoms with Gasteiger partial charge in [-0.1, -0.05) is 0 Å². The topological polar surface area (TPSA) is 254 Å². The minimum Gasteiger partial charge on any atom is -0.481 e. The van der Waals surface area contributed by atoms with Crippen LogP contribution in [-0.2, 0) is 57.3 Å². The molecule has 0 heterocycles. The summed E-state index contributed by atoms with van der Waals surface area (Å²) >= 11 is 0. The number of hydrogen-bond donors (Lipinski definition) is 4. The van der Waals surface area contributed by atoms with Gasteiger partial charge in [0.25, 0.3) is 0 Å². The number of hydrogen-bond acceptors (Lipinski definition) is 12. The van der Waals surface area contributed by atoms with Gasteiger partial charge in [-0.2, -0.15) is 0 Å². The molecular weight excluding hydrogens is 556 g/mol. The van der Waals surface area contributed by atoms with Crippen molar-refractivity contribution in [1.29, 1.82) is 0 Å². The Bertz CT molecular complexity index is 775. The van der Waals surface area contributed by atoms with Crippen molar-refractivity contribution in [3.05, 3.63) is 0 Å². The summed E-state index contributed by atoms with van der Waals surface area (Å²) in [5.74, 6) is -7.96. The van der Waals surface area contributed by atoms with Gasteiger partial charge in [0.2, 0.25) is 0 Å². The van der Waals surface area contributed by atoms with Gasteiger partial charge >= 0.3 is 47.8 Å². The van der Waals surface area contributed by atoms with Crippen molar-refractivity contribution >= 4 is 47.8 Å². The van der Waals surface area contributed by atoms with Crippen LogP contribution in [0.5, 0.6) is 0 Å². The first kappa shape index (κ1) is 36.8. The van der Waals surface area contributed by atoms with E-state index in [1.165, 1.54) is 0 Å². The van der Waals surface area contributed by atoms with Crippen LogP contribution in [0.1, 0.15) is 77.0 Å². The molecule has 4 N–H and O–H groups in total. The van der Waals surface area contributed by atoms with Gasteiger partial charge in [-0.3, -0.25) is 38.4 Å². The van der Waals surface area contributed by atoms with Gasteiger partial charge in [0, 0.05) is 0 Å². The minimum atomic E-state index is -1.20. The molecule has 0 amide bonds. The van der Waals surface area contributed by atoms with Crippen LogP contribution in [0.3, 0.4) is 0 Å². The number of ether oxygens (including phenoxy) is 4. The van der Waals surface area contributed by atoms with Crippen LogP contribution in [0.4, 0.5) is 0 Å². The number of carbonyl (C=O) groups excluding carboxylic acids is 4. The van der Waals surface area contributed by atoms with Crippen molar-refractivity contribution in [2.24, 2.45) is 5.41 Å². The first-order valence-corrected chi connectivity index (χ1v) is 12.7. The molecule has 0 aliphatic carbocycles. The highest BCUT2D eigenvalue weighted by molar-refractivity contribution is 5.78. The molecule has 232 valence electrons. The molecule has 0 aliphatic rings. The molecule has 0 bridgehead atoms. The second kappa shape index (κ2) is 20.6. The predicted molar refractivity (Wildman–Crippen MR) is 132 cm³/mol. The number of carboxylic acids is 4. The molecule has 0 aliphatic heterocycles. The van der Waals surface area contributed by atoms with E-state index in [-0.39, 0.29) is 77.8 Å². The van der Waals surface area contributed by atoms with Crippen LogP contribution in [0.25, 0.3) is 0 Å². The average Bonchev–Trinajstić information content (AvgIpc) is 2.88. The maximum Gasteiger partial charge on any atom is 0.306 e. The molecule has 0 aromatic rings. The first-order chi connectivity index (χ1) is 19.2. The molecule has 0 saturated heterocycles. The summed E-state index contributed by atoms with van der Waals surface area (Å²) in [5, 5.41) is 34.9. The zero-order valence-corrected chi connectivity index (χ0v) is 22.5. The summed E-state index contributed by atoms with van der Waals surface area (Å²) in [5.41, 5.74) is -0.972. The number of carboxylic acid groups (broad SMARTS) is 4. The van der Waals surface area contributed by atoms with Gasteiger partial charge < -0.3 is 39.4 Å². The molecule has 16 heteroatoms. The number of rotatable bonds is 24. The highest BCUT2D eigenvalue weighted by Gasteiger charge is 2.32. The van der Waals surface area contributed by atoms with E-state index in [9.17, 15) is 38.4 Å². The summed E-state index contributed by atoms with van der Waals surface area (Å²) in [6, 6.07) is 0. The lowest BCUT2D eigenvalue weighted by atomic mass is 9.76. The van der Waals surface area contributed by atoms with E-state index in [0.717, 1.165) is 0 Å². The molecule has 0 saturated carbocycles. The normalized spacial score (nSPS) is 10.7. The molecule has 0 spiro atoms. The Morgan fingerprint density at radius 2 is 0.561 bits per heavy atom. The van der Waals surface area contributed by atoms with E-state index in [2.05, 4.69) is 0 Å². The van der Waals surface area contributed by atoms with Crippen LogP contribution in [0, 0.1) is 5.41 Å². The van der Waals surface area contributed by atoms with E-state index in [1.54, 1.807) is 0 Å². The smallest absolute Gasteiger partial charge is 0.306 e. The Kier molecular flexibility index (Phi) is 18.5. The van der Waals surface area contributed by atoms with Crippen molar-refractivity contribution < 1.29 is 77.7 Å². The Balaban J connectivity index is 5.51. The Labute approximate surface area is 234 Å². The van der Waals surface area contributed by atoms with Crippen LogP contribution in [0.2, 0.25) is 0 Å². The van der Waals surface area contributed by atoms with Crippen LogP contribution >= 0.6 is 0 Å². The van der Waals surface area contributed by atoms with Gasteiger partial charge in [0.05, 0.1) is 77.8 Å². The van der Waals surface area contributed by atoms with Crippen LogP contribution in [-0.4, -0.2) is 94.6 Å². The molecule has 0 aromatic heterocycles. The first-order valence-electron chi connectivity index (χ1n) is 12.7. The van der Waals surface area contributed by atoms with Crippen molar-refractivity contribution in [3.63, 3.8) is 0 Å². The van der Waals surface area contributed by atoms with Crippen LogP contribution in [0.15, 0.2) is 0 Å². The minimum absolute atomic E-state index is 0.0534. The maximum absolute atomic E-state index is 11.9. The lowest BCUT2D eigenvalue weighted by Crippen LogP contribution is -2.30. The summed E-state index contributed by atoms with van der Waals surface area (Å²) in [7, 11) is 0. The van der Waals surface area contributed by atoms with Crippen molar-refractivity contribution in [1.82, 2.24) is 0 Å². The second-order valence-electron chi connectivity index (χ2n) is 8.96. The van der Waals surface area contributed by atoms with E-state index in [4.69, 9.17) is 39.4 Å². The lowest BCUT2D eigenvalue weighted by molar-refractivity contribution is -0.151. The quantitative estimate of drug-likeness (QED) is 0.0905. The fraction of sp³-hybridized carbons (Fsp3) is 0.680. The number of carbonyl (C=O) groups is 8. The molecule has 41 heavy (non-hydrogen) atoms. The fourth-order valence-electron chi connectivity index (χ4n) is 3.40. The number of aliphatic carboxylic acids is 4. The van der Waals surface area contributed by atoms with Crippen molar-refractivity contribution in [2.75, 3.05) is 26.4 Å². The summed E-state index contributed by atoms with van der Waals surface area (Å²) in [4.78, 5) is 90.3.